The zero-order valence-electron chi connectivity index (χ0n) is 9.55. The summed E-state index contributed by atoms with van der Waals surface area (Å²) < 4.78 is 0. The molecule has 3 N–H and O–H groups in total. The number of H-pyrrole nitrogens is 1. The second kappa shape index (κ2) is 5.12. The molecular weight excluding hydrogens is 204 g/mol. The molecular formula is C11H18N4O. The van der Waals surface area contributed by atoms with Gasteiger partial charge in [0.05, 0.1) is 6.20 Å². The van der Waals surface area contributed by atoms with Gasteiger partial charge in [0.15, 0.2) is 0 Å². The molecule has 2 rings (SSSR count). The van der Waals surface area contributed by atoms with Crippen molar-refractivity contribution in [2.24, 2.45) is 5.92 Å². The summed E-state index contributed by atoms with van der Waals surface area (Å²) >= 11 is 0. The quantitative estimate of drug-likeness (QED) is 0.687. The molecule has 1 fully saturated rings. The van der Waals surface area contributed by atoms with E-state index in [9.17, 15) is 4.79 Å². The fourth-order valence-electron chi connectivity index (χ4n) is 1.97. The van der Waals surface area contributed by atoms with Crippen molar-refractivity contribution in [2.45, 2.75) is 26.3 Å². The minimum atomic E-state index is 0.134. The highest BCUT2D eigenvalue weighted by atomic mass is 16.1. The Morgan fingerprint density at radius 2 is 2.56 bits per heavy atom. The van der Waals surface area contributed by atoms with Gasteiger partial charge in [0, 0.05) is 24.2 Å². The van der Waals surface area contributed by atoms with Gasteiger partial charge < -0.3 is 10.6 Å². The number of carbonyl (C=O) groups excluding carboxylic acids is 1. The summed E-state index contributed by atoms with van der Waals surface area (Å²) in [6, 6.07) is 0. The van der Waals surface area contributed by atoms with Gasteiger partial charge in [-0.3, -0.25) is 9.89 Å². The van der Waals surface area contributed by atoms with Gasteiger partial charge in [-0.25, -0.2) is 0 Å². The van der Waals surface area contributed by atoms with Gasteiger partial charge in [0.2, 0.25) is 5.91 Å². The van der Waals surface area contributed by atoms with Gasteiger partial charge >= 0.3 is 0 Å². The Morgan fingerprint density at radius 3 is 3.19 bits per heavy atom. The largest absolute Gasteiger partial charge is 0.352 e. The van der Waals surface area contributed by atoms with Gasteiger partial charge in [-0.05, 0) is 32.4 Å². The van der Waals surface area contributed by atoms with Gasteiger partial charge in [-0.15, -0.1) is 0 Å². The smallest absolute Gasteiger partial charge is 0.220 e. The van der Waals surface area contributed by atoms with E-state index in [-0.39, 0.29) is 5.91 Å². The molecule has 1 atom stereocenters. The molecule has 0 saturated carbocycles. The van der Waals surface area contributed by atoms with Gasteiger partial charge in [0.25, 0.3) is 0 Å². The first-order chi connectivity index (χ1) is 7.75. The topological polar surface area (TPSA) is 69.8 Å². The maximum Gasteiger partial charge on any atom is 0.220 e. The van der Waals surface area contributed by atoms with E-state index in [4.69, 9.17) is 0 Å². The molecule has 1 saturated heterocycles. The number of aryl methyl sites for hydroxylation is 1. The molecule has 0 radical (unpaired) electrons. The van der Waals surface area contributed by atoms with Crippen LogP contribution in [-0.4, -0.2) is 29.2 Å². The Labute approximate surface area is 95.0 Å². The van der Waals surface area contributed by atoms with Crippen LogP contribution in [0, 0.1) is 12.8 Å². The number of carbonyl (C=O) groups is 1. The molecule has 16 heavy (non-hydrogen) atoms. The summed E-state index contributed by atoms with van der Waals surface area (Å²) in [5, 5.41) is 13.0. The van der Waals surface area contributed by atoms with Crippen LogP contribution in [0.25, 0.3) is 0 Å². The highest BCUT2D eigenvalue weighted by Crippen LogP contribution is 2.11. The predicted molar refractivity (Wildman–Crippen MR) is 60.8 cm³/mol. The second-order valence-electron chi connectivity index (χ2n) is 4.36. The predicted octanol–water partition coefficient (Wildman–Crippen LogP) is 0.334. The first-order valence-corrected chi connectivity index (χ1v) is 5.72. The highest BCUT2D eigenvalue weighted by molar-refractivity contribution is 5.76. The number of aromatic nitrogens is 2. The van der Waals surface area contributed by atoms with Crippen LogP contribution in [-0.2, 0) is 11.3 Å². The van der Waals surface area contributed by atoms with E-state index < -0.39 is 0 Å². The minimum absolute atomic E-state index is 0.134. The lowest BCUT2D eigenvalue weighted by Crippen LogP contribution is -2.25. The summed E-state index contributed by atoms with van der Waals surface area (Å²) in [4.78, 5) is 11.6. The Hall–Kier alpha value is -1.36. The zero-order chi connectivity index (χ0) is 11.4. The Bertz CT molecular complexity index is 355. The molecule has 2 heterocycles. The Balaban J connectivity index is 1.73. The number of aromatic amines is 1. The van der Waals surface area contributed by atoms with E-state index in [2.05, 4.69) is 20.8 Å². The fraction of sp³-hybridized carbons (Fsp3) is 0.636. The van der Waals surface area contributed by atoms with E-state index in [1.807, 2.05) is 6.92 Å². The number of hydrogen-bond donors (Lipinski definition) is 3. The molecule has 1 aliphatic rings. The van der Waals surface area contributed by atoms with Crippen LogP contribution in [0.3, 0.4) is 0 Å². The molecule has 88 valence electrons. The first-order valence-electron chi connectivity index (χ1n) is 5.72. The van der Waals surface area contributed by atoms with E-state index in [1.165, 1.54) is 0 Å². The maximum atomic E-state index is 11.6. The van der Waals surface area contributed by atoms with Crippen molar-refractivity contribution in [3.63, 3.8) is 0 Å². The zero-order valence-corrected chi connectivity index (χ0v) is 9.55. The van der Waals surface area contributed by atoms with Crippen molar-refractivity contribution >= 4 is 5.91 Å². The van der Waals surface area contributed by atoms with E-state index >= 15 is 0 Å². The van der Waals surface area contributed by atoms with Crippen LogP contribution in [0.4, 0.5) is 0 Å². The molecule has 0 spiro atoms. The van der Waals surface area contributed by atoms with Crippen LogP contribution < -0.4 is 10.6 Å². The molecule has 5 heteroatoms. The summed E-state index contributed by atoms with van der Waals surface area (Å²) in [5.74, 6) is 0.639. The number of nitrogens with one attached hydrogen (secondary N) is 3. The molecule has 5 nitrogen and oxygen atoms in total. The van der Waals surface area contributed by atoms with Crippen molar-refractivity contribution in [1.29, 1.82) is 0 Å². The SMILES string of the molecule is Cc1[nH]ncc1CNC(=O)CC1CCNC1. The molecule has 1 aromatic heterocycles. The lowest BCUT2D eigenvalue weighted by atomic mass is 10.0. The lowest BCUT2D eigenvalue weighted by Gasteiger charge is -2.08. The highest BCUT2D eigenvalue weighted by Gasteiger charge is 2.17. The second-order valence-corrected chi connectivity index (χ2v) is 4.36. The van der Waals surface area contributed by atoms with Gasteiger partial charge in [-0.1, -0.05) is 0 Å². The van der Waals surface area contributed by atoms with Gasteiger partial charge in [0.1, 0.15) is 0 Å². The average molecular weight is 222 g/mol. The molecule has 0 aromatic carbocycles. The summed E-state index contributed by atoms with van der Waals surface area (Å²) in [6.07, 6.45) is 3.49. The van der Waals surface area contributed by atoms with Crippen LogP contribution in [0.2, 0.25) is 0 Å². The van der Waals surface area contributed by atoms with E-state index in [0.29, 0.717) is 18.9 Å². The normalized spacial score (nSPS) is 19.9. The number of amides is 1. The summed E-state index contributed by atoms with van der Waals surface area (Å²) in [7, 11) is 0. The van der Waals surface area contributed by atoms with Crippen molar-refractivity contribution in [1.82, 2.24) is 20.8 Å². The van der Waals surface area contributed by atoms with E-state index in [0.717, 1.165) is 30.8 Å². The molecule has 1 aromatic rings. The number of rotatable bonds is 4. The number of nitrogens with zero attached hydrogens (tertiary/aromatic N) is 1. The Kier molecular flexibility index (Phi) is 3.56. The van der Waals surface area contributed by atoms with Crippen LogP contribution in [0.15, 0.2) is 6.20 Å². The molecule has 0 bridgehead atoms. The van der Waals surface area contributed by atoms with E-state index in [1.54, 1.807) is 6.20 Å². The Morgan fingerprint density at radius 1 is 1.69 bits per heavy atom. The standard InChI is InChI=1S/C11H18N4O/c1-8-10(7-14-15-8)6-13-11(16)4-9-2-3-12-5-9/h7,9,12H,2-6H2,1H3,(H,13,16)(H,14,15). The third-order valence-corrected chi connectivity index (χ3v) is 3.05. The molecule has 1 unspecified atom stereocenters. The van der Waals surface area contributed by atoms with Crippen molar-refractivity contribution < 1.29 is 4.79 Å². The van der Waals surface area contributed by atoms with Crippen molar-refractivity contribution in [3.05, 3.63) is 17.5 Å². The molecule has 1 aliphatic heterocycles. The maximum absolute atomic E-state index is 11.6. The third kappa shape index (κ3) is 2.82. The molecule has 1 amide bonds. The van der Waals surface area contributed by atoms with Crippen LogP contribution >= 0.6 is 0 Å². The average Bonchev–Trinajstić information content (AvgIpc) is 2.87. The van der Waals surface area contributed by atoms with Crippen LogP contribution in [0.5, 0.6) is 0 Å². The minimum Gasteiger partial charge on any atom is -0.352 e. The summed E-state index contributed by atoms with van der Waals surface area (Å²) in [5.41, 5.74) is 2.07. The summed E-state index contributed by atoms with van der Waals surface area (Å²) in [6.45, 7) is 4.54. The first kappa shape index (κ1) is 11.1. The van der Waals surface area contributed by atoms with Crippen molar-refractivity contribution in [2.75, 3.05) is 13.1 Å². The third-order valence-electron chi connectivity index (χ3n) is 3.05. The monoisotopic (exact) mass is 222 g/mol. The lowest BCUT2D eigenvalue weighted by molar-refractivity contribution is -0.122. The van der Waals surface area contributed by atoms with Crippen molar-refractivity contribution in [3.8, 4) is 0 Å². The molecule has 0 aliphatic carbocycles. The number of hydrogen-bond acceptors (Lipinski definition) is 3. The van der Waals surface area contributed by atoms with Crippen LogP contribution in [0.1, 0.15) is 24.1 Å². The fourth-order valence-corrected chi connectivity index (χ4v) is 1.97. The van der Waals surface area contributed by atoms with Gasteiger partial charge in [-0.2, -0.15) is 5.10 Å².